The molecule has 1 aromatic heterocycles. The fourth-order valence-electron chi connectivity index (χ4n) is 2.17. The molecule has 3 aromatic rings. The van der Waals surface area contributed by atoms with Gasteiger partial charge in [-0.2, -0.15) is 0 Å². The van der Waals surface area contributed by atoms with E-state index in [0.29, 0.717) is 33.1 Å². The number of methoxy groups -OCH3 is 1. The van der Waals surface area contributed by atoms with E-state index in [9.17, 15) is 8.42 Å². The van der Waals surface area contributed by atoms with Crippen LogP contribution in [0.2, 0.25) is 5.02 Å². The normalized spacial score (nSPS) is 11.6. The third-order valence-corrected chi connectivity index (χ3v) is 4.70. The summed E-state index contributed by atoms with van der Waals surface area (Å²) in [5.74, 6) is 0.172. The second-order valence-electron chi connectivity index (χ2n) is 4.84. The van der Waals surface area contributed by atoms with Crippen LogP contribution in [-0.2, 0) is 15.8 Å². The summed E-state index contributed by atoms with van der Waals surface area (Å²) in [5, 5.41) is 4.82. The van der Waals surface area contributed by atoms with Gasteiger partial charge < -0.3 is 9.26 Å². The Kier molecular flexibility index (Phi) is 4.14. The number of halogens is 1. The van der Waals surface area contributed by atoms with Crippen LogP contribution in [-0.4, -0.2) is 20.7 Å². The van der Waals surface area contributed by atoms with Crippen LogP contribution in [0.25, 0.3) is 11.0 Å². The number of fused-ring (bicyclic) bond motifs is 1. The highest BCUT2D eigenvalue weighted by Gasteiger charge is 2.18. The van der Waals surface area contributed by atoms with E-state index in [1.807, 2.05) is 0 Å². The molecule has 120 valence electrons. The maximum absolute atomic E-state index is 12.3. The van der Waals surface area contributed by atoms with Gasteiger partial charge in [-0.1, -0.05) is 28.9 Å². The van der Waals surface area contributed by atoms with Crippen LogP contribution in [0.15, 0.2) is 47.0 Å². The third-order valence-electron chi connectivity index (χ3n) is 3.20. The molecule has 0 aliphatic rings. The number of anilines is 1. The lowest BCUT2D eigenvalue weighted by Gasteiger charge is -2.09. The largest absolute Gasteiger partial charge is 0.495 e. The molecule has 0 unspecified atom stereocenters. The summed E-state index contributed by atoms with van der Waals surface area (Å²) < 4.78 is 37.2. The Morgan fingerprint density at radius 3 is 2.78 bits per heavy atom. The molecule has 23 heavy (non-hydrogen) atoms. The van der Waals surface area contributed by atoms with Crippen LogP contribution in [0.4, 0.5) is 5.69 Å². The topological polar surface area (TPSA) is 81.4 Å². The second kappa shape index (κ2) is 6.10. The van der Waals surface area contributed by atoms with Gasteiger partial charge >= 0.3 is 0 Å². The van der Waals surface area contributed by atoms with Crippen molar-refractivity contribution in [3.63, 3.8) is 0 Å². The zero-order chi connectivity index (χ0) is 16.4. The number of benzene rings is 2. The number of rotatable bonds is 5. The van der Waals surface area contributed by atoms with Crippen molar-refractivity contribution in [3.05, 3.63) is 53.2 Å². The van der Waals surface area contributed by atoms with Gasteiger partial charge in [0, 0.05) is 5.39 Å². The zero-order valence-electron chi connectivity index (χ0n) is 12.1. The van der Waals surface area contributed by atoms with Gasteiger partial charge in [-0.25, -0.2) is 8.42 Å². The minimum absolute atomic E-state index is 0.298. The number of nitrogens with zero attached hydrogens (tertiary/aromatic N) is 1. The summed E-state index contributed by atoms with van der Waals surface area (Å²) in [6.07, 6.45) is 0. The molecule has 0 aliphatic carbocycles. The van der Waals surface area contributed by atoms with E-state index in [-0.39, 0.29) is 5.75 Å². The van der Waals surface area contributed by atoms with Crippen molar-refractivity contribution < 1.29 is 17.7 Å². The van der Waals surface area contributed by atoms with E-state index in [4.69, 9.17) is 20.9 Å². The lowest BCUT2D eigenvalue weighted by molar-refractivity contribution is 0.415. The van der Waals surface area contributed by atoms with Crippen LogP contribution in [0, 0.1) is 0 Å². The molecule has 1 N–H and O–H groups in total. The van der Waals surface area contributed by atoms with Gasteiger partial charge in [-0.15, -0.1) is 0 Å². The number of aromatic nitrogens is 1. The summed E-state index contributed by atoms with van der Waals surface area (Å²) in [6.45, 7) is 0. The summed E-state index contributed by atoms with van der Waals surface area (Å²) in [7, 11) is -2.17. The fraction of sp³-hybridized carbons (Fsp3) is 0.133. The molecule has 0 fully saturated rings. The van der Waals surface area contributed by atoms with Crippen LogP contribution in [0.3, 0.4) is 0 Å². The summed E-state index contributed by atoms with van der Waals surface area (Å²) in [4.78, 5) is 0. The van der Waals surface area contributed by atoms with Crippen molar-refractivity contribution in [2.24, 2.45) is 0 Å². The SMILES string of the molecule is COc1ccc(NS(=O)(=O)Cc2noc3ccccc23)cc1Cl. The molecule has 3 rings (SSSR count). The lowest BCUT2D eigenvalue weighted by atomic mass is 10.2. The molecule has 2 aromatic carbocycles. The van der Waals surface area contributed by atoms with Crippen molar-refractivity contribution in [1.82, 2.24) is 5.16 Å². The standard InChI is InChI=1S/C15H13ClN2O4S/c1-21-15-7-6-10(8-12(15)16)18-23(19,20)9-13-11-4-2-3-5-14(11)22-17-13/h2-8,18H,9H2,1H3. The molecule has 1 heterocycles. The second-order valence-corrected chi connectivity index (χ2v) is 6.97. The van der Waals surface area contributed by atoms with E-state index in [1.165, 1.54) is 13.2 Å². The van der Waals surface area contributed by atoms with Crippen LogP contribution < -0.4 is 9.46 Å². The molecule has 0 amide bonds. The molecular formula is C15H13ClN2O4S. The highest BCUT2D eigenvalue weighted by Crippen LogP contribution is 2.28. The van der Waals surface area contributed by atoms with Gasteiger partial charge in [0.25, 0.3) is 0 Å². The Morgan fingerprint density at radius 2 is 2.04 bits per heavy atom. The van der Waals surface area contributed by atoms with Gasteiger partial charge in [0.15, 0.2) is 5.58 Å². The summed E-state index contributed by atoms with van der Waals surface area (Å²) in [5.41, 5.74) is 1.25. The van der Waals surface area contributed by atoms with Crippen molar-refractivity contribution in [1.29, 1.82) is 0 Å². The number of para-hydroxylation sites is 1. The maximum Gasteiger partial charge on any atom is 0.238 e. The first-order valence-electron chi connectivity index (χ1n) is 6.66. The number of hydrogen-bond donors (Lipinski definition) is 1. The molecule has 0 spiro atoms. The monoisotopic (exact) mass is 352 g/mol. The van der Waals surface area contributed by atoms with E-state index in [1.54, 1.807) is 36.4 Å². The highest BCUT2D eigenvalue weighted by atomic mass is 35.5. The first kappa shape index (κ1) is 15.6. The Bertz CT molecular complexity index is 953. The number of hydrogen-bond acceptors (Lipinski definition) is 5. The molecule has 0 aliphatic heterocycles. The van der Waals surface area contributed by atoms with Crippen molar-refractivity contribution in [2.45, 2.75) is 5.75 Å². The van der Waals surface area contributed by atoms with Crippen LogP contribution in [0.5, 0.6) is 5.75 Å². The quantitative estimate of drug-likeness (QED) is 0.760. The maximum atomic E-state index is 12.3. The molecule has 0 atom stereocenters. The Hall–Kier alpha value is -2.25. The molecule has 0 saturated heterocycles. The predicted octanol–water partition coefficient (Wildman–Crippen LogP) is 3.43. The summed E-state index contributed by atoms with van der Waals surface area (Å²) >= 11 is 5.99. The van der Waals surface area contributed by atoms with E-state index in [2.05, 4.69) is 9.88 Å². The highest BCUT2D eigenvalue weighted by molar-refractivity contribution is 7.91. The van der Waals surface area contributed by atoms with Crippen molar-refractivity contribution in [3.8, 4) is 5.75 Å². The average Bonchev–Trinajstić information content (AvgIpc) is 2.90. The molecule has 0 bridgehead atoms. The zero-order valence-corrected chi connectivity index (χ0v) is 13.7. The lowest BCUT2D eigenvalue weighted by Crippen LogP contribution is -2.15. The van der Waals surface area contributed by atoms with Crippen LogP contribution >= 0.6 is 11.6 Å². The molecule has 6 nitrogen and oxygen atoms in total. The number of ether oxygens (including phenoxy) is 1. The average molecular weight is 353 g/mol. The number of sulfonamides is 1. The van der Waals surface area contributed by atoms with E-state index < -0.39 is 10.0 Å². The Labute approximate surface area is 138 Å². The first-order chi connectivity index (χ1) is 11.0. The molecule has 8 heteroatoms. The van der Waals surface area contributed by atoms with Gasteiger partial charge in [-0.3, -0.25) is 4.72 Å². The van der Waals surface area contributed by atoms with Gasteiger partial charge in [-0.05, 0) is 30.3 Å². The predicted molar refractivity (Wildman–Crippen MR) is 88.3 cm³/mol. The number of nitrogens with one attached hydrogen (secondary N) is 1. The van der Waals surface area contributed by atoms with E-state index in [0.717, 1.165) is 0 Å². The van der Waals surface area contributed by atoms with Crippen LogP contribution in [0.1, 0.15) is 5.69 Å². The molecular weight excluding hydrogens is 340 g/mol. The molecule has 0 radical (unpaired) electrons. The van der Waals surface area contributed by atoms with E-state index >= 15 is 0 Å². The van der Waals surface area contributed by atoms with Crippen molar-refractivity contribution >= 4 is 38.3 Å². The van der Waals surface area contributed by atoms with Gasteiger partial charge in [0.2, 0.25) is 10.0 Å². The fourth-order valence-corrected chi connectivity index (χ4v) is 3.55. The first-order valence-corrected chi connectivity index (χ1v) is 8.69. The third kappa shape index (κ3) is 3.40. The summed E-state index contributed by atoms with van der Waals surface area (Å²) in [6, 6.07) is 11.7. The minimum Gasteiger partial charge on any atom is -0.495 e. The van der Waals surface area contributed by atoms with Crippen molar-refractivity contribution in [2.75, 3.05) is 11.8 Å². The molecule has 0 saturated carbocycles. The van der Waals surface area contributed by atoms with Gasteiger partial charge in [0.1, 0.15) is 17.2 Å². The Balaban J connectivity index is 1.83. The Morgan fingerprint density at radius 1 is 1.26 bits per heavy atom. The van der Waals surface area contributed by atoms with Gasteiger partial charge in [0.05, 0.1) is 17.8 Å². The minimum atomic E-state index is -3.66. The smallest absolute Gasteiger partial charge is 0.238 e.